The summed E-state index contributed by atoms with van der Waals surface area (Å²) in [6.45, 7) is 5.24. The molecule has 2 atom stereocenters. The highest BCUT2D eigenvalue weighted by Crippen LogP contribution is 2.19. The first-order valence-electron chi connectivity index (χ1n) is 6.08. The first-order valence-corrected chi connectivity index (χ1v) is 6.08. The Balaban J connectivity index is 2.20. The van der Waals surface area contributed by atoms with E-state index in [0.29, 0.717) is 5.70 Å². The third kappa shape index (κ3) is 3.10. The van der Waals surface area contributed by atoms with Crippen LogP contribution in [0.3, 0.4) is 0 Å². The van der Waals surface area contributed by atoms with Crippen LogP contribution in [0.5, 0.6) is 0 Å². The summed E-state index contributed by atoms with van der Waals surface area (Å²) in [7, 11) is 0. The zero-order valence-electron chi connectivity index (χ0n) is 10.7. The van der Waals surface area contributed by atoms with Crippen molar-refractivity contribution in [3.8, 4) is 0 Å². The number of nitrogens with one attached hydrogen (secondary N) is 2. The van der Waals surface area contributed by atoms with Crippen LogP contribution < -0.4 is 10.6 Å². The standard InChI is InChI=1S/C15H16N2O2/c1-10-14(11(2)18)13(17-15(19)16-10)9-8-12-6-4-3-5-7-12/h3-9,13-14H,1H2,2H3,(H2,16,17,19)/b9-8-/t13-,14-/m0/s1. The van der Waals surface area contributed by atoms with Crippen molar-refractivity contribution in [1.29, 1.82) is 0 Å². The fraction of sp³-hybridized carbons (Fsp3) is 0.200. The summed E-state index contributed by atoms with van der Waals surface area (Å²) in [5.74, 6) is -0.460. The average Bonchev–Trinajstić information content (AvgIpc) is 2.36. The molecule has 0 aliphatic carbocycles. The van der Waals surface area contributed by atoms with Crippen LogP contribution >= 0.6 is 0 Å². The predicted molar refractivity (Wildman–Crippen MR) is 74.2 cm³/mol. The van der Waals surface area contributed by atoms with Crippen LogP contribution in [0.2, 0.25) is 0 Å². The SMILES string of the molecule is C=C1NC(=O)N[C@@H](/C=C\c2ccccc2)[C@@H]1C(C)=O. The van der Waals surface area contributed by atoms with Gasteiger partial charge in [0.05, 0.1) is 12.0 Å². The van der Waals surface area contributed by atoms with Gasteiger partial charge >= 0.3 is 6.03 Å². The lowest BCUT2D eigenvalue weighted by atomic mass is 9.90. The number of Topliss-reactive ketones (excluding diaryl/α,β-unsaturated/α-hetero) is 1. The molecule has 0 unspecified atom stereocenters. The normalized spacial score (nSPS) is 23.0. The van der Waals surface area contributed by atoms with Crippen molar-refractivity contribution in [2.75, 3.05) is 0 Å². The van der Waals surface area contributed by atoms with E-state index < -0.39 is 5.92 Å². The Kier molecular flexibility index (Phi) is 3.80. The van der Waals surface area contributed by atoms with E-state index >= 15 is 0 Å². The van der Waals surface area contributed by atoms with Gasteiger partial charge in [0.25, 0.3) is 0 Å². The summed E-state index contributed by atoms with van der Waals surface area (Å²) in [4.78, 5) is 23.1. The third-order valence-electron chi connectivity index (χ3n) is 3.04. The van der Waals surface area contributed by atoms with E-state index in [1.807, 2.05) is 42.5 Å². The molecule has 1 fully saturated rings. The zero-order valence-corrected chi connectivity index (χ0v) is 10.7. The molecule has 0 saturated carbocycles. The van der Waals surface area contributed by atoms with Crippen LogP contribution in [-0.2, 0) is 4.79 Å². The number of carbonyl (C=O) groups is 2. The Morgan fingerprint density at radius 1 is 1.32 bits per heavy atom. The Morgan fingerprint density at radius 2 is 2.00 bits per heavy atom. The number of urea groups is 1. The van der Waals surface area contributed by atoms with E-state index in [0.717, 1.165) is 5.56 Å². The molecule has 1 aliphatic heterocycles. The molecular formula is C15H16N2O2. The molecule has 1 aromatic carbocycles. The lowest BCUT2D eigenvalue weighted by Gasteiger charge is -2.31. The smallest absolute Gasteiger partial charge is 0.319 e. The highest BCUT2D eigenvalue weighted by Gasteiger charge is 2.32. The van der Waals surface area contributed by atoms with Gasteiger partial charge in [0.15, 0.2) is 0 Å². The quantitative estimate of drug-likeness (QED) is 0.870. The molecule has 0 spiro atoms. The molecule has 2 N–H and O–H groups in total. The molecule has 4 nitrogen and oxygen atoms in total. The molecule has 2 amide bonds. The maximum Gasteiger partial charge on any atom is 0.319 e. The molecule has 0 bridgehead atoms. The minimum Gasteiger partial charge on any atom is -0.331 e. The lowest BCUT2D eigenvalue weighted by molar-refractivity contribution is -0.120. The lowest BCUT2D eigenvalue weighted by Crippen LogP contribution is -2.54. The zero-order chi connectivity index (χ0) is 13.8. The molecular weight excluding hydrogens is 240 g/mol. The van der Waals surface area contributed by atoms with Gasteiger partial charge in [-0.05, 0) is 12.5 Å². The van der Waals surface area contributed by atoms with Gasteiger partial charge in [0.1, 0.15) is 5.78 Å². The van der Waals surface area contributed by atoms with E-state index in [2.05, 4.69) is 17.2 Å². The van der Waals surface area contributed by atoms with Gasteiger partial charge in [-0.1, -0.05) is 49.1 Å². The fourth-order valence-electron chi connectivity index (χ4n) is 2.15. The van der Waals surface area contributed by atoms with Crippen molar-refractivity contribution in [2.24, 2.45) is 5.92 Å². The maximum atomic E-state index is 11.7. The number of carbonyl (C=O) groups excluding carboxylic acids is 2. The Labute approximate surface area is 112 Å². The third-order valence-corrected chi connectivity index (χ3v) is 3.04. The van der Waals surface area contributed by atoms with E-state index in [1.165, 1.54) is 6.92 Å². The van der Waals surface area contributed by atoms with Crippen LogP contribution in [0.4, 0.5) is 4.79 Å². The minimum atomic E-state index is -0.433. The number of benzene rings is 1. The summed E-state index contributed by atoms with van der Waals surface area (Å²) in [6, 6.07) is 9.02. The summed E-state index contributed by atoms with van der Waals surface area (Å²) < 4.78 is 0. The second kappa shape index (κ2) is 5.52. The Hall–Kier alpha value is -2.36. The van der Waals surface area contributed by atoms with Crippen molar-refractivity contribution in [1.82, 2.24) is 10.6 Å². The second-order valence-electron chi connectivity index (χ2n) is 4.51. The highest BCUT2D eigenvalue weighted by atomic mass is 16.2. The Bertz CT molecular complexity index is 534. The van der Waals surface area contributed by atoms with Gasteiger partial charge in [-0.3, -0.25) is 4.79 Å². The topological polar surface area (TPSA) is 58.2 Å². The van der Waals surface area contributed by atoms with E-state index in [9.17, 15) is 9.59 Å². The molecule has 4 heteroatoms. The molecule has 1 heterocycles. The monoisotopic (exact) mass is 256 g/mol. The molecule has 0 radical (unpaired) electrons. The average molecular weight is 256 g/mol. The number of hydrogen-bond acceptors (Lipinski definition) is 2. The van der Waals surface area contributed by atoms with Gasteiger partial charge in [-0.25, -0.2) is 4.79 Å². The molecule has 1 aliphatic rings. The van der Waals surface area contributed by atoms with Gasteiger partial charge in [0, 0.05) is 5.70 Å². The van der Waals surface area contributed by atoms with Crippen LogP contribution in [0.25, 0.3) is 6.08 Å². The van der Waals surface area contributed by atoms with Crippen molar-refractivity contribution in [3.63, 3.8) is 0 Å². The number of ketones is 1. The van der Waals surface area contributed by atoms with Crippen LogP contribution in [-0.4, -0.2) is 17.9 Å². The van der Waals surface area contributed by atoms with Gasteiger partial charge in [0.2, 0.25) is 0 Å². The van der Waals surface area contributed by atoms with Crippen molar-refractivity contribution in [2.45, 2.75) is 13.0 Å². The van der Waals surface area contributed by atoms with Crippen molar-refractivity contribution >= 4 is 17.9 Å². The number of hydrogen-bond donors (Lipinski definition) is 2. The molecule has 1 aromatic rings. The second-order valence-corrected chi connectivity index (χ2v) is 4.51. The van der Waals surface area contributed by atoms with Crippen molar-refractivity contribution < 1.29 is 9.59 Å². The van der Waals surface area contributed by atoms with E-state index in [1.54, 1.807) is 0 Å². The summed E-state index contributed by atoms with van der Waals surface area (Å²) in [5.41, 5.74) is 1.46. The molecule has 2 rings (SSSR count). The Morgan fingerprint density at radius 3 is 2.63 bits per heavy atom. The fourth-order valence-corrected chi connectivity index (χ4v) is 2.15. The maximum absolute atomic E-state index is 11.7. The first-order chi connectivity index (χ1) is 9.08. The summed E-state index contributed by atoms with van der Waals surface area (Å²) >= 11 is 0. The molecule has 1 saturated heterocycles. The number of amides is 2. The first kappa shape index (κ1) is 13.1. The summed E-state index contributed by atoms with van der Waals surface area (Å²) in [6.07, 6.45) is 3.71. The molecule has 98 valence electrons. The van der Waals surface area contributed by atoms with Gasteiger partial charge in [-0.2, -0.15) is 0 Å². The van der Waals surface area contributed by atoms with Crippen LogP contribution in [0, 0.1) is 5.92 Å². The number of rotatable bonds is 3. The molecule has 19 heavy (non-hydrogen) atoms. The van der Waals surface area contributed by atoms with Crippen LogP contribution in [0.15, 0.2) is 48.7 Å². The van der Waals surface area contributed by atoms with E-state index in [-0.39, 0.29) is 17.9 Å². The minimum absolute atomic E-state index is 0.0276. The van der Waals surface area contributed by atoms with Gasteiger partial charge < -0.3 is 10.6 Å². The van der Waals surface area contributed by atoms with Crippen molar-refractivity contribution in [3.05, 3.63) is 54.2 Å². The summed E-state index contributed by atoms with van der Waals surface area (Å²) in [5, 5.41) is 5.27. The van der Waals surface area contributed by atoms with Crippen LogP contribution in [0.1, 0.15) is 12.5 Å². The highest BCUT2D eigenvalue weighted by molar-refractivity contribution is 5.88. The largest absolute Gasteiger partial charge is 0.331 e. The molecule has 0 aromatic heterocycles. The van der Waals surface area contributed by atoms with Gasteiger partial charge in [-0.15, -0.1) is 0 Å². The predicted octanol–water partition coefficient (Wildman–Crippen LogP) is 2.10. The van der Waals surface area contributed by atoms with E-state index in [4.69, 9.17) is 0 Å².